The van der Waals surface area contributed by atoms with Crippen LogP contribution in [0.5, 0.6) is 0 Å². The van der Waals surface area contributed by atoms with Crippen molar-refractivity contribution in [1.29, 1.82) is 0 Å². The second kappa shape index (κ2) is 25.5. The van der Waals surface area contributed by atoms with Gasteiger partial charge in [0.1, 0.15) is 54.6 Å². The predicted molar refractivity (Wildman–Crippen MR) is 289 cm³/mol. The summed E-state index contributed by atoms with van der Waals surface area (Å²) in [6.45, 7) is 17.3. The van der Waals surface area contributed by atoms with E-state index in [0.29, 0.717) is 18.4 Å². The number of esters is 3. The van der Waals surface area contributed by atoms with E-state index in [0.717, 1.165) is 33.4 Å². The van der Waals surface area contributed by atoms with Crippen LogP contribution in [0.25, 0.3) is 11.1 Å². The third kappa shape index (κ3) is 16.7. The van der Waals surface area contributed by atoms with Gasteiger partial charge in [-0.2, -0.15) is 0 Å². The summed E-state index contributed by atoms with van der Waals surface area (Å²) in [5, 5.41) is 10.8. The van der Waals surface area contributed by atoms with Crippen molar-refractivity contribution in [2.24, 2.45) is 5.41 Å². The van der Waals surface area contributed by atoms with E-state index in [9.17, 15) is 38.4 Å². The van der Waals surface area contributed by atoms with Crippen LogP contribution in [0, 0.1) is 12.3 Å². The van der Waals surface area contributed by atoms with Crippen LogP contribution in [0.4, 0.5) is 4.79 Å². The summed E-state index contributed by atoms with van der Waals surface area (Å²) in [7, 11) is 0. The van der Waals surface area contributed by atoms with Gasteiger partial charge in [0, 0.05) is 25.3 Å². The summed E-state index contributed by atoms with van der Waals surface area (Å²) in [6.07, 6.45) is -1.56. The minimum Gasteiger partial charge on any atom is -0.460 e. The molecule has 17 heteroatoms. The second-order valence-electron chi connectivity index (χ2n) is 22.8. The fourth-order valence-corrected chi connectivity index (χ4v) is 9.44. The Labute approximate surface area is 451 Å². The van der Waals surface area contributed by atoms with Gasteiger partial charge >= 0.3 is 24.0 Å². The van der Waals surface area contributed by atoms with Gasteiger partial charge in [-0.15, -0.1) is 0 Å². The maximum absolute atomic E-state index is 14.8. The number of hydrogen-bond donors (Lipinski definition) is 4. The molecule has 412 valence electrons. The number of hydrogen-bond acceptors (Lipinski definition) is 12. The molecule has 77 heavy (non-hydrogen) atoms. The minimum absolute atomic E-state index is 0.0244. The van der Waals surface area contributed by atoms with Crippen LogP contribution in [-0.2, 0) is 65.5 Å². The number of alkyl carbamates (subject to hydrolysis) is 1. The molecule has 6 rings (SSSR count). The number of carbonyl (C=O) groups is 8. The lowest BCUT2D eigenvalue weighted by Crippen LogP contribution is -2.61. The van der Waals surface area contributed by atoms with Gasteiger partial charge in [-0.3, -0.25) is 28.8 Å². The second-order valence-corrected chi connectivity index (χ2v) is 22.8. The zero-order valence-electron chi connectivity index (χ0n) is 46.0. The molecule has 5 atom stereocenters. The molecule has 0 unspecified atom stereocenters. The van der Waals surface area contributed by atoms with Crippen molar-refractivity contribution in [3.05, 3.63) is 131 Å². The molecule has 1 aliphatic carbocycles. The van der Waals surface area contributed by atoms with E-state index in [2.05, 4.69) is 21.3 Å². The van der Waals surface area contributed by atoms with Gasteiger partial charge in [0.2, 0.25) is 23.6 Å². The number of nitrogens with one attached hydrogen (secondary N) is 4. The smallest absolute Gasteiger partial charge is 0.407 e. The summed E-state index contributed by atoms with van der Waals surface area (Å²) >= 11 is 0. The lowest BCUT2D eigenvalue weighted by atomic mass is 9.85. The van der Waals surface area contributed by atoms with Gasteiger partial charge < -0.3 is 45.1 Å². The van der Waals surface area contributed by atoms with Gasteiger partial charge in [0.05, 0.1) is 6.42 Å². The van der Waals surface area contributed by atoms with Crippen molar-refractivity contribution in [1.82, 2.24) is 26.2 Å². The van der Waals surface area contributed by atoms with E-state index in [1.807, 2.05) is 97.9 Å². The molecule has 0 bridgehead atoms. The topological polar surface area (TPSA) is 225 Å². The fraction of sp³-hybridized carbons (Fsp3) is 0.467. The maximum atomic E-state index is 14.8. The van der Waals surface area contributed by atoms with Gasteiger partial charge in [0.25, 0.3) is 0 Å². The standard InChI is InChI=1S/C60H75N5O12/c1-37-21-14-15-24-39(37)33-46(54(70)64-51(58(2,3)4)55(71)65-32-20-29-48(65)56(72)74-35-38-22-12-11-13-23-38)62-52(68)45(30-31-49(66)76-59(5,6)7)61-53(69)47(34-50(67)77-60(8,9)10)63-57(73)75-36-44-42-27-18-16-25-40(42)41-26-17-19-28-43(41)44/h11-19,21-28,44-48,51H,20,29-36H2,1-10H3,(H,61,69)(H,62,68)(H,63,73)(H,64,70)/t45-,46-,47-,48-,51+/m0/s1. The van der Waals surface area contributed by atoms with Crippen molar-refractivity contribution >= 4 is 47.6 Å². The van der Waals surface area contributed by atoms with Crippen LogP contribution in [0.1, 0.15) is 128 Å². The molecule has 0 saturated carbocycles. The van der Waals surface area contributed by atoms with E-state index in [1.54, 1.807) is 74.4 Å². The Hall–Kier alpha value is -7.56. The predicted octanol–water partition coefficient (Wildman–Crippen LogP) is 7.53. The first-order chi connectivity index (χ1) is 36.3. The fourth-order valence-electron chi connectivity index (χ4n) is 9.44. The molecule has 0 spiro atoms. The number of amides is 5. The number of benzene rings is 4. The largest absolute Gasteiger partial charge is 0.460 e. The SMILES string of the molecule is Cc1ccccc1C[C@H](NC(=O)[C@H](CCC(=O)OC(C)(C)C)NC(=O)[C@H](CC(=O)OC(C)(C)C)NC(=O)OCC1c2ccccc2-c2ccccc21)C(=O)N[C@H](C(=O)N1CCC[C@H]1C(=O)OCc1ccccc1)C(C)(C)C. The van der Waals surface area contributed by atoms with Crippen LogP contribution in [0.3, 0.4) is 0 Å². The molecular weight excluding hydrogens is 983 g/mol. The van der Waals surface area contributed by atoms with E-state index >= 15 is 0 Å². The molecule has 4 N–H and O–H groups in total. The van der Waals surface area contributed by atoms with Gasteiger partial charge in [-0.05, 0) is 112 Å². The highest BCUT2D eigenvalue weighted by molar-refractivity contribution is 5.97. The Balaban J connectivity index is 1.25. The Kier molecular flexibility index (Phi) is 19.5. The molecule has 1 saturated heterocycles. The molecule has 4 aromatic rings. The summed E-state index contributed by atoms with van der Waals surface area (Å²) in [5.41, 5.74) is 3.43. The summed E-state index contributed by atoms with van der Waals surface area (Å²) in [6, 6.07) is 25.3. The van der Waals surface area contributed by atoms with Crippen molar-refractivity contribution in [3.8, 4) is 11.1 Å². The molecular formula is C60H75N5O12. The Bertz CT molecular complexity index is 2730. The van der Waals surface area contributed by atoms with Crippen LogP contribution in [0.15, 0.2) is 103 Å². The summed E-state index contributed by atoms with van der Waals surface area (Å²) in [5.74, 6) is -5.54. The van der Waals surface area contributed by atoms with E-state index in [4.69, 9.17) is 18.9 Å². The van der Waals surface area contributed by atoms with Crippen LogP contribution in [0.2, 0.25) is 0 Å². The first kappa shape index (κ1) is 58.7. The molecule has 17 nitrogen and oxygen atoms in total. The van der Waals surface area contributed by atoms with E-state index in [-0.39, 0.29) is 44.9 Å². The zero-order chi connectivity index (χ0) is 56.2. The number of ether oxygens (including phenoxy) is 4. The quantitative estimate of drug-likeness (QED) is 0.0498. The normalized spacial score (nSPS) is 15.8. The Morgan fingerprint density at radius 3 is 1.77 bits per heavy atom. The number of carbonyl (C=O) groups excluding carboxylic acids is 8. The summed E-state index contributed by atoms with van der Waals surface area (Å²) in [4.78, 5) is 114. The molecule has 1 fully saturated rings. The molecule has 4 aromatic carbocycles. The Morgan fingerprint density at radius 1 is 0.610 bits per heavy atom. The monoisotopic (exact) mass is 1060 g/mol. The van der Waals surface area contributed by atoms with Gasteiger partial charge in [0.15, 0.2) is 0 Å². The highest BCUT2D eigenvalue weighted by Gasteiger charge is 2.44. The average molecular weight is 1060 g/mol. The van der Waals surface area contributed by atoms with Gasteiger partial charge in [-0.1, -0.05) is 124 Å². The minimum atomic E-state index is -1.65. The number of rotatable bonds is 20. The third-order valence-corrected chi connectivity index (χ3v) is 13.2. The zero-order valence-corrected chi connectivity index (χ0v) is 46.0. The van der Waals surface area contributed by atoms with Crippen molar-refractivity contribution in [2.75, 3.05) is 13.2 Å². The van der Waals surface area contributed by atoms with Crippen molar-refractivity contribution in [2.45, 2.75) is 162 Å². The molecule has 0 aromatic heterocycles. The van der Waals surface area contributed by atoms with Gasteiger partial charge in [-0.25, -0.2) is 9.59 Å². The van der Waals surface area contributed by atoms with Crippen LogP contribution >= 0.6 is 0 Å². The van der Waals surface area contributed by atoms with Crippen molar-refractivity contribution in [3.63, 3.8) is 0 Å². The highest BCUT2D eigenvalue weighted by Crippen LogP contribution is 2.44. The number of nitrogens with zero attached hydrogens (tertiary/aromatic N) is 1. The van der Waals surface area contributed by atoms with E-state index in [1.165, 1.54) is 4.90 Å². The van der Waals surface area contributed by atoms with Crippen LogP contribution < -0.4 is 21.3 Å². The number of likely N-dealkylation sites (tertiary alicyclic amines) is 1. The van der Waals surface area contributed by atoms with E-state index < -0.39 is 101 Å². The maximum Gasteiger partial charge on any atom is 0.407 e. The lowest BCUT2D eigenvalue weighted by Gasteiger charge is -2.36. The number of aryl methyl sites for hydroxylation is 1. The average Bonchev–Trinajstić information content (AvgIpc) is 4.01. The van der Waals surface area contributed by atoms with Crippen LogP contribution in [-0.4, -0.2) is 107 Å². The molecule has 1 aliphatic heterocycles. The molecule has 0 radical (unpaired) electrons. The Morgan fingerprint density at radius 2 is 1.16 bits per heavy atom. The lowest BCUT2D eigenvalue weighted by molar-refractivity contribution is -0.156. The molecule has 1 heterocycles. The first-order valence-electron chi connectivity index (χ1n) is 26.3. The summed E-state index contributed by atoms with van der Waals surface area (Å²) < 4.78 is 22.5. The first-order valence-corrected chi connectivity index (χ1v) is 26.3. The highest BCUT2D eigenvalue weighted by atomic mass is 16.6. The molecule has 5 amide bonds. The number of fused-ring (bicyclic) bond motifs is 3. The molecule has 2 aliphatic rings. The third-order valence-electron chi connectivity index (χ3n) is 13.2. The van der Waals surface area contributed by atoms with Crippen molar-refractivity contribution < 1.29 is 57.3 Å².